The van der Waals surface area contributed by atoms with Crippen LogP contribution in [0.25, 0.3) is 0 Å². The first-order valence-electron chi connectivity index (χ1n) is 6.10. The van der Waals surface area contributed by atoms with Crippen molar-refractivity contribution < 1.29 is 17.9 Å². The quantitative estimate of drug-likeness (QED) is 0.837. The predicted molar refractivity (Wildman–Crippen MR) is 72.1 cm³/mol. The highest BCUT2D eigenvalue weighted by atomic mass is 32.2. The van der Waals surface area contributed by atoms with E-state index in [4.69, 9.17) is 5.11 Å². The third-order valence-corrected chi connectivity index (χ3v) is 4.51. The molecule has 21 heavy (non-hydrogen) atoms. The Hall–Kier alpha value is -1.84. The molecular weight excluding hydrogens is 299 g/mol. The molecule has 1 atom stereocenters. The number of aliphatic hydroxyl groups excluding tert-OH is 1. The minimum absolute atomic E-state index is 0.299. The maximum Gasteiger partial charge on any atom is 0.244 e. The largest absolute Gasteiger partial charge is 0.392 e. The lowest BCUT2D eigenvalue weighted by Gasteiger charge is -2.14. The molecule has 1 heterocycles. The minimum atomic E-state index is -4.05. The summed E-state index contributed by atoms with van der Waals surface area (Å²) in [6.07, 6.45) is 1.44. The number of aryl methyl sites for hydroxylation is 1. The molecular formula is C12H15FN4O3S. The van der Waals surface area contributed by atoms with Crippen LogP contribution in [-0.2, 0) is 23.7 Å². The molecule has 1 unspecified atom stereocenters. The van der Waals surface area contributed by atoms with Crippen molar-refractivity contribution in [2.45, 2.75) is 24.5 Å². The van der Waals surface area contributed by atoms with Crippen LogP contribution >= 0.6 is 0 Å². The van der Waals surface area contributed by atoms with Gasteiger partial charge in [-0.2, -0.15) is 0 Å². The molecule has 0 saturated carbocycles. The summed E-state index contributed by atoms with van der Waals surface area (Å²) in [5, 5.41) is 16.4. The first-order valence-corrected chi connectivity index (χ1v) is 7.59. The van der Waals surface area contributed by atoms with Crippen LogP contribution in [0, 0.1) is 5.82 Å². The summed E-state index contributed by atoms with van der Waals surface area (Å²) >= 11 is 0. The molecule has 0 spiro atoms. The number of nitrogens with one attached hydrogen (secondary N) is 1. The van der Waals surface area contributed by atoms with Crippen LogP contribution in [0.15, 0.2) is 29.4 Å². The van der Waals surface area contributed by atoms with Gasteiger partial charge in [0, 0.05) is 7.05 Å². The molecule has 1 aromatic heterocycles. The van der Waals surface area contributed by atoms with Crippen LogP contribution in [0.2, 0.25) is 0 Å². The first kappa shape index (κ1) is 15.5. The van der Waals surface area contributed by atoms with E-state index in [1.165, 1.54) is 12.4 Å². The fourth-order valence-corrected chi connectivity index (χ4v) is 3.15. The molecule has 9 heteroatoms. The number of sulfonamides is 1. The maximum absolute atomic E-state index is 13.8. The Kier molecular flexibility index (Phi) is 4.35. The number of nitrogens with zero attached hydrogens (tertiary/aromatic N) is 3. The van der Waals surface area contributed by atoms with Crippen LogP contribution in [0.3, 0.4) is 0 Å². The Labute approximate surface area is 121 Å². The fourth-order valence-electron chi connectivity index (χ4n) is 1.89. The number of rotatable bonds is 5. The molecule has 114 valence electrons. The van der Waals surface area contributed by atoms with Crippen molar-refractivity contribution in [2.24, 2.45) is 7.05 Å². The van der Waals surface area contributed by atoms with Crippen molar-refractivity contribution in [1.29, 1.82) is 0 Å². The Morgan fingerprint density at radius 2 is 2.19 bits per heavy atom. The second-order valence-corrected chi connectivity index (χ2v) is 6.25. The Balaban J connectivity index is 2.28. The van der Waals surface area contributed by atoms with Crippen molar-refractivity contribution in [1.82, 2.24) is 19.5 Å². The van der Waals surface area contributed by atoms with E-state index in [0.29, 0.717) is 11.4 Å². The number of halogens is 1. The topological polar surface area (TPSA) is 97.1 Å². The fraction of sp³-hybridized carbons (Fsp3) is 0.333. The van der Waals surface area contributed by atoms with E-state index < -0.39 is 26.8 Å². The average Bonchev–Trinajstić information content (AvgIpc) is 2.84. The lowest BCUT2D eigenvalue weighted by atomic mass is 10.2. The van der Waals surface area contributed by atoms with Crippen LogP contribution in [0.1, 0.15) is 24.4 Å². The smallest absolute Gasteiger partial charge is 0.244 e. The highest BCUT2D eigenvalue weighted by Gasteiger charge is 2.24. The average molecular weight is 314 g/mol. The molecule has 0 aliphatic rings. The summed E-state index contributed by atoms with van der Waals surface area (Å²) in [5.41, 5.74) is 0.299. The molecule has 0 radical (unpaired) electrons. The van der Waals surface area contributed by atoms with E-state index in [-0.39, 0.29) is 6.61 Å². The molecule has 0 saturated heterocycles. The van der Waals surface area contributed by atoms with Crippen LogP contribution in [-0.4, -0.2) is 28.3 Å². The molecule has 2 aromatic rings. The van der Waals surface area contributed by atoms with E-state index in [1.54, 1.807) is 18.5 Å². The van der Waals surface area contributed by atoms with Gasteiger partial charge in [-0.05, 0) is 24.6 Å². The Morgan fingerprint density at radius 1 is 1.48 bits per heavy atom. The van der Waals surface area contributed by atoms with Gasteiger partial charge in [-0.25, -0.2) is 17.5 Å². The molecule has 0 aliphatic heterocycles. The third-order valence-electron chi connectivity index (χ3n) is 2.93. The Morgan fingerprint density at radius 3 is 2.71 bits per heavy atom. The van der Waals surface area contributed by atoms with E-state index in [0.717, 1.165) is 12.1 Å². The van der Waals surface area contributed by atoms with Crippen LogP contribution in [0.5, 0.6) is 0 Å². The number of aliphatic hydroxyl groups is 1. The molecule has 0 bridgehead atoms. The second-order valence-electron chi connectivity index (χ2n) is 4.57. The van der Waals surface area contributed by atoms with Gasteiger partial charge in [-0.3, -0.25) is 0 Å². The number of aromatic nitrogens is 3. The third kappa shape index (κ3) is 3.26. The van der Waals surface area contributed by atoms with Gasteiger partial charge >= 0.3 is 0 Å². The van der Waals surface area contributed by atoms with Gasteiger partial charge in [0.15, 0.2) is 0 Å². The summed E-state index contributed by atoms with van der Waals surface area (Å²) in [4.78, 5) is -0.478. The van der Waals surface area contributed by atoms with Crippen molar-refractivity contribution in [3.8, 4) is 0 Å². The molecule has 0 aliphatic carbocycles. The lowest BCUT2D eigenvalue weighted by Crippen LogP contribution is -2.29. The number of hydrogen-bond acceptors (Lipinski definition) is 5. The van der Waals surface area contributed by atoms with E-state index >= 15 is 0 Å². The number of benzene rings is 1. The van der Waals surface area contributed by atoms with Gasteiger partial charge in [0.25, 0.3) is 0 Å². The summed E-state index contributed by atoms with van der Waals surface area (Å²) in [6.45, 7) is 1.22. The molecule has 0 fully saturated rings. The summed E-state index contributed by atoms with van der Waals surface area (Å²) in [6, 6.07) is 2.79. The SMILES string of the molecule is CC(NS(=O)(=O)c1ccc(CO)cc1F)c1nncn1C. The predicted octanol–water partition coefficient (Wildman–Crippen LogP) is 0.486. The Bertz CT molecular complexity index is 745. The van der Waals surface area contributed by atoms with E-state index in [1.807, 2.05) is 0 Å². The number of hydrogen-bond donors (Lipinski definition) is 2. The van der Waals surface area contributed by atoms with Crippen LogP contribution in [0.4, 0.5) is 4.39 Å². The standard InChI is InChI=1S/C12H15FN4O3S/c1-8(12-15-14-7-17(12)2)16-21(19,20)11-4-3-9(6-18)5-10(11)13/h3-5,7-8,16,18H,6H2,1-2H3. The monoisotopic (exact) mass is 314 g/mol. The van der Waals surface area contributed by atoms with Crippen molar-refractivity contribution in [3.05, 3.63) is 41.7 Å². The summed E-state index contributed by atoms with van der Waals surface area (Å²) in [5.74, 6) is -0.509. The van der Waals surface area contributed by atoms with Crippen molar-refractivity contribution in [2.75, 3.05) is 0 Å². The zero-order valence-corrected chi connectivity index (χ0v) is 12.3. The normalized spacial score (nSPS) is 13.3. The van der Waals surface area contributed by atoms with Gasteiger partial charge in [-0.1, -0.05) is 6.07 Å². The van der Waals surface area contributed by atoms with Gasteiger partial charge in [-0.15, -0.1) is 10.2 Å². The molecule has 2 rings (SSSR count). The summed E-state index contributed by atoms with van der Waals surface area (Å²) < 4.78 is 42.1. The van der Waals surface area contributed by atoms with Gasteiger partial charge < -0.3 is 9.67 Å². The molecule has 0 amide bonds. The van der Waals surface area contributed by atoms with E-state index in [9.17, 15) is 12.8 Å². The van der Waals surface area contributed by atoms with Crippen molar-refractivity contribution in [3.63, 3.8) is 0 Å². The first-order chi connectivity index (χ1) is 9.85. The van der Waals surface area contributed by atoms with Crippen LogP contribution < -0.4 is 4.72 Å². The zero-order chi connectivity index (χ0) is 15.6. The van der Waals surface area contributed by atoms with E-state index in [2.05, 4.69) is 14.9 Å². The zero-order valence-electron chi connectivity index (χ0n) is 11.5. The molecule has 2 N–H and O–H groups in total. The lowest BCUT2D eigenvalue weighted by molar-refractivity contribution is 0.281. The maximum atomic E-state index is 13.8. The summed E-state index contributed by atoms with van der Waals surface area (Å²) in [7, 11) is -2.37. The van der Waals surface area contributed by atoms with Gasteiger partial charge in [0.1, 0.15) is 22.9 Å². The van der Waals surface area contributed by atoms with Crippen molar-refractivity contribution >= 4 is 10.0 Å². The van der Waals surface area contributed by atoms with Gasteiger partial charge in [0.2, 0.25) is 10.0 Å². The second kappa shape index (κ2) is 5.88. The molecule has 1 aromatic carbocycles. The highest BCUT2D eigenvalue weighted by molar-refractivity contribution is 7.89. The van der Waals surface area contributed by atoms with Gasteiger partial charge in [0.05, 0.1) is 12.6 Å². The highest BCUT2D eigenvalue weighted by Crippen LogP contribution is 2.19. The minimum Gasteiger partial charge on any atom is -0.392 e. The molecule has 7 nitrogen and oxygen atoms in total.